The molecule has 2 rings (SSSR count). The average molecular weight is 280 g/mol. The van der Waals surface area contributed by atoms with E-state index in [1.165, 1.54) is 25.6 Å². The lowest BCUT2D eigenvalue weighted by Crippen LogP contribution is -2.35. The molecule has 1 amide bonds. The lowest BCUT2D eigenvalue weighted by molar-refractivity contribution is -0.124. The lowest BCUT2D eigenvalue weighted by Gasteiger charge is -2.28. The second-order valence-electron chi connectivity index (χ2n) is 5.51. The third-order valence-electron chi connectivity index (χ3n) is 3.98. The topological polar surface area (TPSA) is 69.0 Å². The summed E-state index contributed by atoms with van der Waals surface area (Å²) >= 11 is 0. The average Bonchev–Trinajstić information content (AvgIpc) is 2.98. The Morgan fingerprint density at radius 1 is 1.50 bits per heavy atom. The predicted molar refractivity (Wildman–Crippen MR) is 75.1 cm³/mol. The van der Waals surface area contributed by atoms with Crippen LogP contribution < -0.4 is 5.32 Å². The summed E-state index contributed by atoms with van der Waals surface area (Å²) in [5, 5.41) is 6.83. The molecule has 20 heavy (non-hydrogen) atoms. The number of amides is 1. The molecule has 1 aromatic heterocycles. The number of nitrogens with zero attached hydrogens (tertiary/aromatic N) is 3. The molecule has 1 saturated carbocycles. The molecule has 1 aliphatic rings. The van der Waals surface area contributed by atoms with Crippen molar-refractivity contribution in [3.63, 3.8) is 0 Å². The van der Waals surface area contributed by atoms with Crippen LogP contribution in [0.2, 0.25) is 0 Å². The van der Waals surface area contributed by atoms with Gasteiger partial charge in [-0.15, -0.1) is 0 Å². The zero-order valence-electron chi connectivity index (χ0n) is 12.3. The van der Waals surface area contributed by atoms with Crippen molar-refractivity contribution in [3.05, 3.63) is 12.7 Å². The van der Waals surface area contributed by atoms with Gasteiger partial charge < -0.3 is 10.1 Å². The Labute approximate surface area is 119 Å². The summed E-state index contributed by atoms with van der Waals surface area (Å²) in [4.78, 5) is 15.7. The molecule has 1 fully saturated rings. The molecule has 0 aliphatic heterocycles. The highest BCUT2D eigenvalue weighted by Gasteiger charge is 2.21. The van der Waals surface area contributed by atoms with Gasteiger partial charge in [-0.2, -0.15) is 5.10 Å². The number of carbonyl (C=O) groups is 1. The van der Waals surface area contributed by atoms with Crippen molar-refractivity contribution in [2.45, 2.75) is 51.7 Å². The van der Waals surface area contributed by atoms with Crippen molar-refractivity contribution in [2.24, 2.45) is 5.92 Å². The molecule has 3 atom stereocenters. The Morgan fingerprint density at radius 3 is 3.00 bits per heavy atom. The van der Waals surface area contributed by atoms with Gasteiger partial charge >= 0.3 is 0 Å². The van der Waals surface area contributed by atoms with Gasteiger partial charge in [0.25, 0.3) is 0 Å². The zero-order valence-corrected chi connectivity index (χ0v) is 12.3. The van der Waals surface area contributed by atoms with Crippen LogP contribution in [0.4, 0.5) is 0 Å². The van der Waals surface area contributed by atoms with Gasteiger partial charge in [0.05, 0.1) is 12.7 Å². The fraction of sp³-hybridized carbons (Fsp3) is 0.786. The van der Waals surface area contributed by atoms with Crippen LogP contribution in [0, 0.1) is 5.92 Å². The minimum atomic E-state index is -0.342. The second-order valence-corrected chi connectivity index (χ2v) is 5.51. The molecular formula is C14H24N4O2. The zero-order chi connectivity index (χ0) is 14.4. The van der Waals surface area contributed by atoms with E-state index in [0.717, 1.165) is 6.42 Å². The molecule has 0 saturated heterocycles. The molecule has 0 spiro atoms. The van der Waals surface area contributed by atoms with Crippen LogP contribution in [-0.4, -0.2) is 39.9 Å². The van der Waals surface area contributed by atoms with Crippen LogP contribution in [0.15, 0.2) is 12.7 Å². The Balaban J connectivity index is 1.64. The highest BCUT2D eigenvalue weighted by molar-refractivity contribution is 5.79. The highest BCUT2D eigenvalue weighted by Crippen LogP contribution is 2.25. The molecule has 1 N–H and O–H groups in total. The molecule has 1 aromatic rings. The third-order valence-corrected chi connectivity index (χ3v) is 3.98. The van der Waals surface area contributed by atoms with Gasteiger partial charge in [-0.3, -0.25) is 4.79 Å². The Kier molecular flexibility index (Phi) is 5.52. The third kappa shape index (κ3) is 4.03. The highest BCUT2D eigenvalue weighted by atomic mass is 16.5. The summed E-state index contributed by atoms with van der Waals surface area (Å²) in [5.41, 5.74) is 0. The predicted octanol–water partition coefficient (Wildman–Crippen LogP) is 1.55. The largest absolute Gasteiger partial charge is 0.376 e. The maximum absolute atomic E-state index is 11.9. The summed E-state index contributed by atoms with van der Waals surface area (Å²) < 4.78 is 7.41. The number of rotatable bonds is 6. The Hall–Kier alpha value is -1.43. The van der Waals surface area contributed by atoms with Crippen molar-refractivity contribution >= 4 is 5.91 Å². The second kappa shape index (κ2) is 7.38. The molecule has 3 unspecified atom stereocenters. The van der Waals surface area contributed by atoms with Crippen LogP contribution in [-0.2, 0) is 9.53 Å². The number of ether oxygens (including phenoxy) is 1. The van der Waals surface area contributed by atoms with E-state index in [1.54, 1.807) is 17.9 Å². The smallest absolute Gasteiger partial charge is 0.244 e. The number of carbonyl (C=O) groups excluding carboxylic acids is 1. The Morgan fingerprint density at radius 2 is 2.30 bits per heavy atom. The maximum atomic E-state index is 11.9. The Bertz CT molecular complexity index is 407. The van der Waals surface area contributed by atoms with E-state index < -0.39 is 0 Å². The van der Waals surface area contributed by atoms with Gasteiger partial charge in [0.15, 0.2) is 0 Å². The quantitative estimate of drug-likeness (QED) is 0.803. The molecular weight excluding hydrogens is 256 g/mol. The first-order valence-corrected chi connectivity index (χ1v) is 7.42. The monoisotopic (exact) mass is 280 g/mol. The summed E-state index contributed by atoms with van der Waals surface area (Å²) in [6.45, 7) is 5.16. The van der Waals surface area contributed by atoms with E-state index in [2.05, 4.69) is 22.3 Å². The SMILES string of the molecule is CC1CCCCC1OCCNC(=O)C(C)n1cncn1. The van der Waals surface area contributed by atoms with Gasteiger partial charge in [-0.05, 0) is 25.7 Å². The summed E-state index contributed by atoms with van der Waals surface area (Å²) in [5.74, 6) is 0.573. The number of aromatic nitrogens is 3. The van der Waals surface area contributed by atoms with Gasteiger partial charge in [-0.25, -0.2) is 9.67 Å². The fourth-order valence-electron chi connectivity index (χ4n) is 2.60. The summed E-state index contributed by atoms with van der Waals surface area (Å²) in [6, 6.07) is -0.342. The minimum absolute atomic E-state index is 0.0595. The molecule has 0 bridgehead atoms. The van der Waals surface area contributed by atoms with E-state index in [-0.39, 0.29) is 11.9 Å². The van der Waals surface area contributed by atoms with Gasteiger partial charge in [0.2, 0.25) is 5.91 Å². The molecule has 6 nitrogen and oxygen atoms in total. The van der Waals surface area contributed by atoms with Crippen LogP contribution >= 0.6 is 0 Å². The van der Waals surface area contributed by atoms with Gasteiger partial charge in [-0.1, -0.05) is 19.8 Å². The fourth-order valence-corrected chi connectivity index (χ4v) is 2.60. The normalized spacial score (nSPS) is 24.3. The number of nitrogens with one attached hydrogen (secondary N) is 1. The van der Waals surface area contributed by atoms with Crippen molar-refractivity contribution in [1.29, 1.82) is 0 Å². The molecule has 0 aromatic carbocycles. The maximum Gasteiger partial charge on any atom is 0.244 e. The van der Waals surface area contributed by atoms with Gasteiger partial charge in [0.1, 0.15) is 18.7 Å². The van der Waals surface area contributed by atoms with Crippen LogP contribution in [0.5, 0.6) is 0 Å². The van der Waals surface area contributed by atoms with Crippen molar-refractivity contribution in [1.82, 2.24) is 20.1 Å². The number of hydrogen-bond acceptors (Lipinski definition) is 4. The van der Waals surface area contributed by atoms with Gasteiger partial charge in [0, 0.05) is 6.54 Å². The molecule has 1 aliphatic carbocycles. The number of hydrogen-bond donors (Lipinski definition) is 1. The first-order valence-electron chi connectivity index (χ1n) is 7.42. The minimum Gasteiger partial charge on any atom is -0.376 e. The molecule has 6 heteroatoms. The lowest BCUT2D eigenvalue weighted by atomic mass is 9.88. The van der Waals surface area contributed by atoms with Crippen molar-refractivity contribution in [3.8, 4) is 0 Å². The van der Waals surface area contributed by atoms with Crippen LogP contribution in [0.3, 0.4) is 0 Å². The molecule has 0 radical (unpaired) electrons. The summed E-state index contributed by atoms with van der Waals surface area (Å²) in [7, 11) is 0. The standard InChI is InChI=1S/C14H24N4O2/c1-11-5-3-4-6-13(11)20-8-7-16-14(19)12(2)18-10-15-9-17-18/h9-13H,3-8H2,1-2H3,(H,16,19). The van der Waals surface area contributed by atoms with E-state index >= 15 is 0 Å². The van der Waals surface area contributed by atoms with E-state index in [4.69, 9.17) is 4.74 Å². The first-order chi connectivity index (χ1) is 9.68. The molecule has 1 heterocycles. The molecule has 112 valence electrons. The summed E-state index contributed by atoms with van der Waals surface area (Å²) in [6.07, 6.45) is 8.29. The van der Waals surface area contributed by atoms with Crippen LogP contribution in [0.25, 0.3) is 0 Å². The van der Waals surface area contributed by atoms with E-state index in [0.29, 0.717) is 25.2 Å². The van der Waals surface area contributed by atoms with E-state index in [1.807, 2.05) is 0 Å². The van der Waals surface area contributed by atoms with E-state index in [9.17, 15) is 4.79 Å². The van der Waals surface area contributed by atoms with Crippen molar-refractivity contribution in [2.75, 3.05) is 13.2 Å². The first kappa shape index (κ1) is 15.0. The van der Waals surface area contributed by atoms with Crippen LogP contribution in [0.1, 0.15) is 45.6 Å². The van der Waals surface area contributed by atoms with Crippen molar-refractivity contribution < 1.29 is 9.53 Å².